The molecule has 0 radical (unpaired) electrons. The Morgan fingerprint density at radius 1 is 1.00 bits per heavy atom. The highest BCUT2D eigenvalue weighted by molar-refractivity contribution is 6.00. The maximum atomic E-state index is 12.5. The second-order valence-corrected chi connectivity index (χ2v) is 7.78. The first kappa shape index (κ1) is 22.2. The number of allylic oxidation sites excluding steroid dienone is 1. The molecule has 1 aromatic heterocycles. The second-order valence-electron chi connectivity index (χ2n) is 7.78. The molecule has 0 aliphatic heterocycles. The van der Waals surface area contributed by atoms with Crippen LogP contribution in [0.1, 0.15) is 18.1 Å². The highest BCUT2D eigenvalue weighted by Gasteiger charge is 2.15. The fraction of sp³-hybridized carbons (Fsp3) is 0.179. The van der Waals surface area contributed by atoms with Gasteiger partial charge in [-0.25, -0.2) is 0 Å². The summed E-state index contributed by atoms with van der Waals surface area (Å²) in [5, 5.41) is 3.92. The van der Waals surface area contributed by atoms with Crippen molar-refractivity contribution >= 4 is 22.4 Å². The lowest BCUT2D eigenvalue weighted by molar-refractivity contribution is -0.116. The SMILES string of the molecule is COc1ccc(-c2coc3cc(OC)c(/C(C)=C/C(=O)NCCc4ccccc4)cc23)cc1. The van der Waals surface area contributed by atoms with Crippen LogP contribution in [0.3, 0.4) is 0 Å². The van der Waals surface area contributed by atoms with Gasteiger partial charge in [-0.15, -0.1) is 0 Å². The van der Waals surface area contributed by atoms with Gasteiger partial charge in [0.15, 0.2) is 0 Å². The molecule has 4 rings (SSSR count). The number of rotatable bonds is 8. The van der Waals surface area contributed by atoms with Gasteiger partial charge in [0.1, 0.15) is 17.1 Å². The second kappa shape index (κ2) is 10.1. The Balaban J connectivity index is 1.57. The summed E-state index contributed by atoms with van der Waals surface area (Å²) in [6.07, 6.45) is 4.14. The monoisotopic (exact) mass is 441 g/mol. The van der Waals surface area contributed by atoms with Gasteiger partial charge in [0.25, 0.3) is 0 Å². The molecule has 33 heavy (non-hydrogen) atoms. The predicted octanol–water partition coefficient (Wildman–Crippen LogP) is 5.88. The van der Waals surface area contributed by atoms with Crippen LogP contribution in [0.25, 0.3) is 27.7 Å². The first-order valence-corrected chi connectivity index (χ1v) is 10.8. The number of carbonyl (C=O) groups is 1. The maximum Gasteiger partial charge on any atom is 0.244 e. The van der Waals surface area contributed by atoms with E-state index in [4.69, 9.17) is 13.9 Å². The van der Waals surface area contributed by atoms with Crippen molar-refractivity contribution in [3.8, 4) is 22.6 Å². The van der Waals surface area contributed by atoms with Crippen molar-refractivity contribution in [2.45, 2.75) is 13.3 Å². The normalized spacial score (nSPS) is 11.4. The van der Waals surface area contributed by atoms with Gasteiger partial charge < -0.3 is 19.2 Å². The quantitative estimate of drug-likeness (QED) is 0.347. The Morgan fingerprint density at radius 3 is 2.45 bits per heavy atom. The van der Waals surface area contributed by atoms with Crippen LogP contribution in [-0.2, 0) is 11.2 Å². The lowest BCUT2D eigenvalue weighted by atomic mass is 9.99. The number of ether oxygens (including phenoxy) is 2. The van der Waals surface area contributed by atoms with Gasteiger partial charge in [-0.05, 0) is 48.2 Å². The van der Waals surface area contributed by atoms with E-state index in [1.807, 2.05) is 61.5 Å². The lowest BCUT2D eigenvalue weighted by Gasteiger charge is -2.10. The fourth-order valence-electron chi connectivity index (χ4n) is 3.83. The van der Waals surface area contributed by atoms with E-state index in [0.29, 0.717) is 12.3 Å². The van der Waals surface area contributed by atoms with Gasteiger partial charge >= 0.3 is 0 Å². The lowest BCUT2D eigenvalue weighted by Crippen LogP contribution is -2.23. The van der Waals surface area contributed by atoms with Gasteiger partial charge in [-0.2, -0.15) is 0 Å². The number of nitrogens with one attached hydrogen (secondary N) is 1. The van der Waals surface area contributed by atoms with Crippen LogP contribution in [0.2, 0.25) is 0 Å². The molecule has 5 heteroatoms. The minimum atomic E-state index is -0.131. The molecule has 5 nitrogen and oxygen atoms in total. The molecule has 168 valence electrons. The first-order valence-electron chi connectivity index (χ1n) is 10.8. The summed E-state index contributed by atoms with van der Waals surface area (Å²) < 4.78 is 16.7. The highest BCUT2D eigenvalue weighted by Crippen LogP contribution is 2.37. The van der Waals surface area contributed by atoms with Gasteiger partial charge in [0.05, 0.1) is 20.5 Å². The van der Waals surface area contributed by atoms with Crippen molar-refractivity contribution in [3.63, 3.8) is 0 Å². The number of amides is 1. The van der Waals surface area contributed by atoms with Gasteiger partial charge in [0, 0.05) is 35.2 Å². The standard InChI is InChI=1S/C28H27NO4/c1-19(15-28(30)29-14-13-20-7-5-4-6-8-20)23-16-24-25(18-33-27(24)17-26(23)32-3)21-9-11-22(31-2)12-10-21/h4-12,15-18H,13-14H2,1-3H3,(H,29,30)/b19-15+. The minimum absolute atomic E-state index is 0.131. The fourth-order valence-corrected chi connectivity index (χ4v) is 3.83. The number of carbonyl (C=O) groups excluding carboxylic acids is 1. The molecule has 0 unspecified atom stereocenters. The molecule has 4 aromatic rings. The molecular weight excluding hydrogens is 414 g/mol. The number of furan rings is 1. The van der Waals surface area contributed by atoms with Crippen LogP contribution < -0.4 is 14.8 Å². The average Bonchev–Trinajstić information content (AvgIpc) is 3.26. The Morgan fingerprint density at radius 2 is 1.76 bits per heavy atom. The smallest absolute Gasteiger partial charge is 0.244 e. The third kappa shape index (κ3) is 5.09. The molecule has 0 fully saturated rings. The van der Waals surface area contributed by atoms with Gasteiger partial charge in [0.2, 0.25) is 5.91 Å². The molecule has 0 bridgehead atoms. The van der Waals surface area contributed by atoms with E-state index in [1.165, 1.54) is 5.56 Å². The molecule has 0 saturated heterocycles. The summed E-state index contributed by atoms with van der Waals surface area (Å²) in [5.41, 5.74) is 5.56. The van der Waals surface area contributed by atoms with Crippen molar-refractivity contribution in [2.24, 2.45) is 0 Å². The molecule has 1 N–H and O–H groups in total. The zero-order valence-corrected chi connectivity index (χ0v) is 19.1. The average molecular weight is 442 g/mol. The third-order valence-electron chi connectivity index (χ3n) is 5.62. The van der Waals surface area contributed by atoms with Crippen molar-refractivity contribution < 1.29 is 18.7 Å². The molecular formula is C28H27NO4. The molecule has 0 aliphatic carbocycles. The van der Waals surface area contributed by atoms with Crippen LogP contribution >= 0.6 is 0 Å². The molecule has 0 spiro atoms. The Hall–Kier alpha value is -3.99. The van der Waals surface area contributed by atoms with Gasteiger partial charge in [-0.3, -0.25) is 4.79 Å². The molecule has 0 aliphatic rings. The van der Waals surface area contributed by atoms with Crippen LogP contribution in [0.5, 0.6) is 11.5 Å². The number of fused-ring (bicyclic) bond motifs is 1. The zero-order chi connectivity index (χ0) is 23.2. The van der Waals surface area contributed by atoms with E-state index in [1.54, 1.807) is 26.6 Å². The topological polar surface area (TPSA) is 60.7 Å². The number of hydrogen-bond donors (Lipinski definition) is 1. The van der Waals surface area contributed by atoms with Crippen molar-refractivity contribution in [1.29, 1.82) is 0 Å². The maximum absolute atomic E-state index is 12.5. The molecule has 1 heterocycles. The van der Waals surface area contributed by atoms with Crippen molar-refractivity contribution in [2.75, 3.05) is 20.8 Å². The summed E-state index contributed by atoms with van der Waals surface area (Å²) in [4.78, 5) is 12.5. The number of hydrogen-bond acceptors (Lipinski definition) is 4. The van der Waals surface area contributed by atoms with E-state index in [0.717, 1.165) is 45.4 Å². The first-order chi connectivity index (χ1) is 16.1. The van der Waals surface area contributed by atoms with Crippen molar-refractivity contribution in [1.82, 2.24) is 5.32 Å². The molecule has 1 amide bonds. The van der Waals surface area contributed by atoms with Crippen LogP contribution in [0.15, 0.2) is 83.5 Å². The highest BCUT2D eigenvalue weighted by atomic mass is 16.5. The number of methoxy groups -OCH3 is 2. The Bertz CT molecular complexity index is 1270. The van der Waals surface area contributed by atoms with Crippen LogP contribution in [0.4, 0.5) is 0 Å². The Kier molecular flexibility index (Phi) is 6.79. The summed E-state index contributed by atoms with van der Waals surface area (Å²) >= 11 is 0. The third-order valence-corrected chi connectivity index (χ3v) is 5.62. The summed E-state index contributed by atoms with van der Waals surface area (Å²) in [6, 6.07) is 21.8. The Labute approximate surface area is 193 Å². The predicted molar refractivity (Wildman–Crippen MR) is 132 cm³/mol. The molecule has 0 atom stereocenters. The summed E-state index contributed by atoms with van der Waals surface area (Å²) in [7, 11) is 3.26. The minimum Gasteiger partial charge on any atom is -0.497 e. The largest absolute Gasteiger partial charge is 0.497 e. The van der Waals surface area contributed by atoms with Gasteiger partial charge in [-0.1, -0.05) is 42.5 Å². The zero-order valence-electron chi connectivity index (χ0n) is 19.1. The summed E-state index contributed by atoms with van der Waals surface area (Å²) in [6.45, 7) is 2.49. The van der Waals surface area contributed by atoms with Crippen molar-refractivity contribution in [3.05, 3.63) is 90.2 Å². The van der Waals surface area contributed by atoms with Crippen LogP contribution in [-0.4, -0.2) is 26.7 Å². The van der Waals surface area contributed by atoms with E-state index in [9.17, 15) is 4.79 Å². The van der Waals surface area contributed by atoms with E-state index >= 15 is 0 Å². The van der Waals surface area contributed by atoms with E-state index < -0.39 is 0 Å². The van der Waals surface area contributed by atoms with Crippen LogP contribution in [0, 0.1) is 0 Å². The molecule has 3 aromatic carbocycles. The summed E-state index contributed by atoms with van der Waals surface area (Å²) in [5.74, 6) is 1.32. The van der Waals surface area contributed by atoms with E-state index in [-0.39, 0.29) is 5.91 Å². The van der Waals surface area contributed by atoms with E-state index in [2.05, 4.69) is 17.4 Å². The molecule has 0 saturated carbocycles. The number of benzene rings is 3.